The van der Waals surface area contributed by atoms with Gasteiger partial charge in [-0.2, -0.15) is 0 Å². The van der Waals surface area contributed by atoms with Gasteiger partial charge in [-0.3, -0.25) is 0 Å². The van der Waals surface area contributed by atoms with Crippen molar-refractivity contribution in [1.29, 1.82) is 0 Å². The highest BCUT2D eigenvalue weighted by Gasteiger charge is 2.16. The second-order valence-electron chi connectivity index (χ2n) is 4.98. The van der Waals surface area contributed by atoms with Crippen LogP contribution in [0.5, 0.6) is 0 Å². The van der Waals surface area contributed by atoms with E-state index >= 15 is 0 Å². The van der Waals surface area contributed by atoms with Gasteiger partial charge >= 0.3 is 0 Å². The van der Waals surface area contributed by atoms with Crippen LogP contribution in [0.25, 0.3) is 0 Å². The van der Waals surface area contributed by atoms with Gasteiger partial charge in [-0.1, -0.05) is 24.3 Å². The molecule has 1 aromatic carbocycles. The van der Waals surface area contributed by atoms with Crippen molar-refractivity contribution in [2.45, 2.75) is 32.4 Å². The molecule has 2 unspecified atom stereocenters. The summed E-state index contributed by atoms with van der Waals surface area (Å²) in [6.07, 6.45) is 0.593. The van der Waals surface area contributed by atoms with Gasteiger partial charge in [0.1, 0.15) is 0 Å². The topological polar surface area (TPSA) is 23.5 Å². The van der Waals surface area contributed by atoms with E-state index in [1.165, 1.54) is 4.88 Å². The predicted octanol–water partition coefficient (Wildman–Crippen LogP) is 3.87. The van der Waals surface area contributed by atoms with Gasteiger partial charge < -0.3 is 10.0 Å². The summed E-state index contributed by atoms with van der Waals surface area (Å²) < 4.78 is 0. The molecule has 19 heavy (non-hydrogen) atoms. The van der Waals surface area contributed by atoms with Crippen molar-refractivity contribution >= 4 is 17.0 Å². The maximum Gasteiger partial charge on any atom is 0.0781 e. The Morgan fingerprint density at radius 2 is 1.89 bits per heavy atom. The Balaban J connectivity index is 2.16. The van der Waals surface area contributed by atoms with Gasteiger partial charge in [0.2, 0.25) is 0 Å². The first kappa shape index (κ1) is 14.1. The molecule has 1 heterocycles. The minimum absolute atomic E-state index is 0.401. The van der Waals surface area contributed by atoms with Crippen molar-refractivity contribution in [1.82, 2.24) is 0 Å². The largest absolute Gasteiger partial charge is 0.389 e. The zero-order valence-electron chi connectivity index (χ0n) is 11.7. The lowest BCUT2D eigenvalue weighted by Crippen LogP contribution is -2.31. The summed E-state index contributed by atoms with van der Waals surface area (Å²) in [6.45, 7) is 4.04. The third-order valence-electron chi connectivity index (χ3n) is 3.50. The molecule has 0 aliphatic heterocycles. The Morgan fingerprint density at radius 3 is 2.53 bits per heavy atom. The highest BCUT2D eigenvalue weighted by molar-refractivity contribution is 7.09. The number of benzene rings is 1. The van der Waals surface area contributed by atoms with Gasteiger partial charge in [-0.05, 0) is 31.4 Å². The molecule has 2 rings (SSSR count). The summed E-state index contributed by atoms with van der Waals surface area (Å²) in [7, 11) is 2.10. The molecule has 2 atom stereocenters. The smallest absolute Gasteiger partial charge is 0.0781 e. The second-order valence-corrected chi connectivity index (χ2v) is 6.01. The van der Waals surface area contributed by atoms with E-state index < -0.39 is 6.10 Å². The summed E-state index contributed by atoms with van der Waals surface area (Å²) >= 11 is 1.80. The number of hydrogen-bond acceptors (Lipinski definition) is 3. The number of nitrogens with zero attached hydrogens (tertiary/aromatic N) is 1. The molecule has 1 N–H and O–H groups in total. The lowest BCUT2D eigenvalue weighted by atomic mass is 10.1. The van der Waals surface area contributed by atoms with Gasteiger partial charge in [0.05, 0.1) is 6.10 Å². The Hall–Kier alpha value is -1.32. The van der Waals surface area contributed by atoms with Gasteiger partial charge in [0, 0.05) is 35.6 Å². The van der Waals surface area contributed by atoms with Crippen molar-refractivity contribution < 1.29 is 5.11 Å². The number of para-hydroxylation sites is 1. The van der Waals surface area contributed by atoms with Crippen LogP contribution in [0.4, 0.5) is 5.69 Å². The van der Waals surface area contributed by atoms with Crippen LogP contribution in [0.1, 0.15) is 30.4 Å². The van der Waals surface area contributed by atoms with Crippen LogP contribution in [0.3, 0.4) is 0 Å². The molecule has 0 fully saturated rings. The number of aliphatic hydroxyl groups excluding tert-OH is 1. The first-order valence-corrected chi connectivity index (χ1v) is 7.49. The number of likely N-dealkylation sites (N-methyl/N-ethyl adjacent to an activating group) is 1. The zero-order valence-corrected chi connectivity index (χ0v) is 12.5. The Kier molecular flexibility index (Phi) is 4.61. The average Bonchev–Trinajstić information content (AvgIpc) is 2.90. The van der Waals surface area contributed by atoms with E-state index in [0.29, 0.717) is 6.04 Å². The molecule has 0 bridgehead atoms. The quantitative estimate of drug-likeness (QED) is 0.895. The molecule has 0 radical (unpaired) electrons. The molecule has 0 aliphatic rings. The number of rotatable bonds is 5. The first-order chi connectivity index (χ1) is 9.09. The van der Waals surface area contributed by atoms with Crippen molar-refractivity contribution in [2.24, 2.45) is 0 Å². The van der Waals surface area contributed by atoms with Crippen molar-refractivity contribution in [3.8, 4) is 0 Å². The molecular formula is C16H21NOS. The fourth-order valence-electron chi connectivity index (χ4n) is 2.26. The second kappa shape index (κ2) is 6.22. The van der Waals surface area contributed by atoms with Crippen molar-refractivity contribution in [3.63, 3.8) is 0 Å². The monoisotopic (exact) mass is 275 g/mol. The molecule has 0 saturated carbocycles. The lowest BCUT2D eigenvalue weighted by molar-refractivity contribution is 0.199. The van der Waals surface area contributed by atoms with Gasteiger partial charge in [-0.15, -0.1) is 11.3 Å². The molecule has 2 aromatic rings. The van der Waals surface area contributed by atoms with Gasteiger partial charge in [0.15, 0.2) is 0 Å². The Labute approximate surface area is 119 Å². The van der Waals surface area contributed by atoms with Crippen LogP contribution >= 0.6 is 11.3 Å². The fourth-order valence-corrected chi connectivity index (χ4v) is 3.08. The van der Waals surface area contributed by atoms with Crippen LogP contribution in [-0.2, 0) is 6.42 Å². The van der Waals surface area contributed by atoms with E-state index in [1.807, 2.05) is 25.1 Å². The Bertz CT molecular complexity index is 507. The number of hydrogen-bond donors (Lipinski definition) is 1. The standard InChI is InChI=1S/C16H21NOS/c1-12(11-14-7-6-10-19-14)17(3)16-9-5-4-8-15(16)13(2)18/h4-10,12-13,18H,11H2,1-3H3. The van der Waals surface area contributed by atoms with E-state index in [9.17, 15) is 5.11 Å². The molecule has 0 amide bonds. The predicted molar refractivity (Wildman–Crippen MR) is 83.0 cm³/mol. The maximum atomic E-state index is 9.87. The SMILES string of the molecule is CC(O)c1ccccc1N(C)C(C)Cc1cccs1. The number of anilines is 1. The third-order valence-corrected chi connectivity index (χ3v) is 4.40. The average molecular weight is 275 g/mol. The Morgan fingerprint density at radius 1 is 1.16 bits per heavy atom. The molecule has 0 saturated heterocycles. The van der Waals surface area contributed by atoms with Crippen LogP contribution in [-0.4, -0.2) is 18.2 Å². The van der Waals surface area contributed by atoms with Crippen molar-refractivity contribution in [3.05, 3.63) is 52.2 Å². The normalized spacial score (nSPS) is 14.1. The summed E-state index contributed by atoms with van der Waals surface area (Å²) in [5, 5.41) is 12.0. The summed E-state index contributed by atoms with van der Waals surface area (Å²) in [6, 6.07) is 12.7. The summed E-state index contributed by atoms with van der Waals surface area (Å²) in [5.41, 5.74) is 2.10. The molecule has 0 spiro atoms. The number of aliphatic hydroxyl groups is 1. The van der Waals surface area contributed by atoms with E-state index in [1.54, 1.807) is 11.3 Å². The molecule has 1 aromatic heterocycles. The van der Waals surface area contributed by atoms with E-state index in [0.717, 1.165) is 17.7 Å². The van der Waals surface area contributed by atoms with Crippen LogP contribution < -0.4 is 4.90 Å². The highest BCUT2D eigenvalue weighted by atomic mass is 32.1. The fraction of sp³-hybridized carbons (Fsp3) is 0.375. The minimum atomic E-state index is -0.437. The van der Waals surface area contributed by atoms with Gasteiger partial charge in [-0.25, -0.2) is 0 Å². The number of thiophene rings is 1. The van der Waals surface area contributed by atoms with E-state index in [2.05, 4.69) is 42.5 Å². The molecule has 3 heteroatoms. The van der Waals surface area contributed by atoms with Gasteiger partial charge in [0.25, 0.3) is 0 Å². The molecular weight excluding hydrogens is 254 g/mol. The summed E-state index contributed by atoms with van der Waals surface area (Å²) in [4.78, 5) is 3.65. The summed E-state index contributed by atoms with van der Waals surface area (Å²) in [5.74, 6) is 0. The third kappa shape index (κ3) is 3.37. The van der Waals surface area contributed by atoms with Crippen LogP contribution in [0, 0.1) is 0 Å². The minimum Gasteiger partial charge on any atom is -0.389 e. The maximum absolute atomic E-state index is 9.87. The van der Waals surface area contributed by atoms with E-state index in [-0.39, 0.29) is 0 Å². The van der Waals surface area contributed by atoms with Crippen LogP contribution in [0.15, 0.2) is 41.8 Å². The highest BCUT2D eigenvalue weighted by Crippen LogP contribution is 2.27. The van der Waals surface area contributed by atoms with E-state index in [4.69, 9.17) is 0 Å². The molecule has 0 aliphatic carbocycles. The first-order valence-electron chi connectivity index (χ1n) is 6.61. The van der Waals surface area contributed by atoms with Crippen LogP contribution in [0.2, 0.25) is 0 Å². The lowest BCUT2D eigenvalue weighted by Gasteiger charge is -2.29. The molecule has 102 valence electrons. The molecule has 2 nitrogen and oxygen atoms in total. The zero-order chi connectivity index (χ0) is 13.8. The van der Waals surface area contributed by atoms with Crippen molar-refractivity contribution in [2.75, 3.05) is 11.9 Å².